The zero-order valence-corrected chi connectivity index (χ0v) is 18.9. The predicted octanol–water partition coefficient (Wildman–Crippen LogP) is 3.53. The van der Waals surface area contributed by atoms with Gasteiger partial charge in [0.2, 0.25) is 0 Å². The summed E-state index contributed by atoms with van der Waals surface area (Å²) in [6.07, 6.45) is 1.26. The van der Waals surface area contributed by atoms with Crippen LogP contribution in [0, 0.1) is 0 Å². The smallest absolute Gasteiger partial charge is 0.407 e. The molecule has 1 aromatic carbocycles. The molecule has 8 nitrogen and oxygen atoms in total. The van der Waals surface area contributed by atoms with Crippen LogP contribution in [0.4, 0.5) is 4.79 Å². The maximum atomic E-state index is 12.4. The van der Waals surface area contributed by atoms with E-state index in [9.17, 15) is 9.59 Å². The third kappa shape index (κ3) is 6.30. The molecule has 1 saturated carbocycles. The molecule has 0 bridgehead atoms. The Bertz CT molecular complexity index is 896. The van der Waals surface area contributed by atoms with E-state index in [2.05, 4.69) is 10.4 Å². The summed E-state index contributed by atoms with van der Waals surface area (Å²) < 4.78 is 13.1. The van der Waals surface area contributed by atoms with E-state index in [1.165, 1.54) is 4.90 Å². The van der Waals surface area contributed by atoms with Gasteiger partial charge in [-0.3, -0.25) is 9.48 Å². The van der Waals surface area contributed by atoms with Gasteiger partial charge in [-0.2, -0.15) is 5.10 Å². The lowest BCUT2D eigenvalue weighted by Gasteiger charge is -2.36. The lowest BCUT2D eigenvalue weighted by atomic mass is 9.89. The van der Waals surface area contributed by atoms with Crippen molar-refractivity contribution in [2.24, 2.45) is 0 Å². The van der Waals surface area contributed by atoms with E-state index in [1.807, 2.05) is 55.8 Å². The lowest BCUT2D eigenvalue weighted by molar-refractivity contribution is -0.0391. The van der Waals surface area contributed by atoms with Crippen LogP contribution in [0.25, 0.3) is 0 Å². The normalized spacial score (nSPS) is 18.2. The second-order valence-corrected chi connectivity index (χ2v) is 9.06. The maximum absolute atomic E-state index is 12.4. The topological polar surface area (TPSA) is 85.7 Å². The molecule has 1 N–H and O–H groups in total. The third-order valence-corrected chi connectivity index (χ3v) is 5.00. The molecule has 2 amide bonds. The van der Waals surface area contributed by atoms with Crippen LogP contribution in [-0.4, -0.2) is 52.5 Å². The second-order valence-electron chi connectivity index (χ2n) is 9.06. The van der Waals surface area contributed by atoms with Gasteiger partial charge in [0, 0.05) is 14.1 Å². The number of carbonyl (C=O) groups excluding carboxylic acids is 2. The Hall–Kier alpha value is -2.87. The van der Waals surface area contributed by atoms with Crippen molar-refractivity contribution in [2.45, 2.75) is 64.5 Å². The molecular weight excluding hydrogens is 396 g/mol. The standard InChI is InChI=1S/C23H32N4O4/c1-23(2,3)31-22(29)24-14-18-13-20(21(28)26(4)5)25-27(18)17-11-19(12-17)30-15-16-9-7-6-8-10-16/h6-10,13,17,19H,11-12,14-15H2,1-5H3,(H,24,29)/t17-,19+. The SMILES string of the molecule is CN(C)C(=O)c1cc(CNC(=O)OC(C)(C)C)n([C@H]2C[C@@H](OCc3ccccc3)C2)n1. The summed E-state index contributed by atoms with van der Waals surface area (Å²) in [5, 5.41) is 7.30. The van der Waals surface area contributed by atoms with Crippen molar-refractivity contribution in [2.75, 3.05) is 14.1 Å². The van der Waals surface area contributed by atoms with E-state index in [1.54, 1.807) is 20.2 Å². The van der Waals surface area contributed by atoms with E-state index in [0.717, 1.165) is 24.1 Å². The number of benzene rings is 1. The Labute approximate surface area is 183 Å². The molecule has 0 atom stereocenters. The molecule has 8 heteroatoms. The first-order valence-corrected chi connectivity index (χ1v) is 10.5. The minimum Gasteiger partial charge on any atom is -0.444 e. The molecule has 1 aliphatic rings. The summed E-state index contributed by atoms with van der Waals surface area (Å²) >= 11 is 0. The molecule has 1 fully saturated rings. The molecular formula is C23H32N4O4. The highest BCUT2D eigenvalue weighted by atomic mass is 16.6. The van der Waals surface area contributed by atoms with E-state index < -0.39 is 11.7 Å². The highest BCUT2D eigenvalue weighted by molar-refractivity contribution is 5.92. The summed E-state index contributed by atoms with van der Waals surface area (Å²) in [6.45, 7) is 6.25. The summed E-state index contributed by atoms with van der Waals surface area (Å²) in [6, 6.07) is 11.9. The molecule has 0 spiro atoms. The minimum atomic E-state index is -0.576. The van der Waals surface area contributed by atoms with Gasteiger partial charge in [-0.25, -0.2) is 4.79 Å². The molecule has 0 unspecified atom stereocenters. The summed E-state index contributed by atoms with van der Waals surface area (Å²) in [4.78, 5) is 26.0. The molecule has 2 aromatic rings. The third-order valence-electron chi connectivity index (χ3n) is 5.00. The number of hydrogen-bond donors (Lipinski definition) is 1. The maximum Gasteiger partial charge on any atom is 0.407 e. The van der Waals surface area contributed by atoms with Crippen LogP contribution in [0.15, 0.2) is 36.4 Å². The Kier molecular flexibility index (Phi) is 7.00. The number of nitrogens with zero attached hydrogens (tertiary/aromatic N) is 3. The molecule has 0 saturated heterocycles. The zero-order valence-electron chi connectivity index (χ0n) is 18.9. The molecule has 0 aliphatic heterocycles. The van der Waals surface area contributed by atoms with E-state index >= 15 is 0 Å². The van der Waals surface area contributed by atoms with E-state index in [0.29, 0.717) is 12.3 Å². The van der Waals surface area contributed by atoms with Crippen molar-refractivity contribution >= 4 is 12.0 Å². The quantitative estimate of drug-likeness (QED) is 0.729. The van der Waals surface area contributed by atoms with Gasteiger partial charge in [-0.05, 0) is 45.2 Å². The highest BCUT2D eigenvalue weighted by Gasteiger charge is 2.34. The largest absolute Gasteiger partial charge is 0.444 e. The molecule has 0 radical (unpaired) electrons. The van der Waals surface area contributed by atoms with Crippen molar-refractivity contribution in [1.82, 2.24) is 20.0 Å². The summed E-state index contributed by atoms with van der Waals surface area (Å²) in [7, 11) is 3.38. The number of aromatic nitrogens is 2. The number of amides is 2. The van der Waals surface area contributed by atoms with Crippen molar-refractivity contribution in [3.8, 4) is 0 Å². The lowest BCUT2D eigenvalue weighted by Crippen LogP contribution is -2.36. The number of ether oxygens (including phenoxy) is 2. The van der Waals surface area contributed by atoms with Crippen molar-refractivity contribution in [3.63, 3.8) is 0 Å². The van der Waals surface area contributed by atoms with Crippen LogP contribution in [0.5, 0.6) is 0 Å². The number of rotatable bonds is 7. The Morgan fingerprint density at radius 2 is 1.87 bits per heavy atom. The van der Waals surface area contributed by atoms with Gasteiger partial charge in [-0.15, -0.1) is 0 Å². The number of hydrogen-bond acceptors (Lipinski definition) is 5. The second kappa shape index (κ2) is 9.51. The van der Waals surface area contributed by atoms with Gasteiger partial charge in [0.25, 0.3) is 5.91 Å². The van der Waals surface area contributed by atoms with Gasteiger partial charge in [0.1, 0.15) is 5.60 Å². The Morgan fingerprint density at radius 3 is 2.48 bits per heavy atom. The fourth-order valence-electron chi connectivity index (χ4n) is 3.35. The number of alkyl carbamates (subject to hydrolysis) is 1. The van der Waals surface area contributed by atoms with Crippen LogP contribution in [0.1, 0.15) is 61.4 Å². The average Bonchev–Trinajstić information content (AvgIpc) is 3.07. The number of carbonyl (C=O) groups is 2. The first-order chi connectivity index (χ1) is 14.6. The molecule has 168 valence electrons. The van der Waals surface area contributed by atoms with E-state index in [-0.39, 0.29) is 24.6 Å². The Balaban J connectivity index is 1.63. The molecule has 1 heterocycles. The first-order valence-electron chi connectivity index (χ1n) is 10.5. The average molecular weight is 429 g/mol. The Morgan fingerprint density at radius 1 is 1.19 bits per heavy atom. The molecule has 3 rings (SSSR count). The molecule has 31 heavy (non-hydrogen) atoms. The van der Waals surface area contributed by atoms with Crippen LogP contribution < -0.4 is 5.32 Å². The van der Waals surface area contributed by atoms with E-state index in [4.69, 9.17) is 9.47 Å². The monoisotopic (exact) mass is 428 g/mol. The van der Waals surface area contributed by atoms with Crippen molar-refractivity contribution in [3.05, 3.63) is 53.3 Å². The zero-order chi connectivity index (χ0) is 22.6. The fraction of sp³-hybridized carbons (Fsp3) is 0.522. The molecule has 1 aliphatic carbocycles. The fourth-order valence-corrected chi connectivity index (χ4v) is 3.35. The number of nitrogens with one attached hydrogen (secondary N) is 1. The molecule has 1 aromatic heterocycles. The van der Waals surface area contributed by atoms with Crippen LogP contribution in [0.2, 0.25) is 0 Å². The van der Waals surface area contributed by atoms with Crippen LogP contribution >= 0.6 is 0 Å². The highest BCUT2D eigenvalue weighted by Crippen LogP contribution is 2.35. The minimum absolute atomic E-state index is 0.125. The summed E-state index contributed by atoms with van der Waals surface area (Å²) in [5.74, 6) is -0.173. The van der Waals surface area contributed by atoms with Crippen LogP contribution in [0.3, 0.4) is 0 Å². The van der Waals surface area contributed by atoms with Gasteiger partial charge in [-0.1, -0.05) is 30.3 Å². The van der Waals surface area contributed by atoms with Gasteiger partial charge in [0.05, 0.1) is 31.0 Å². The predicted molar refractivity (Wildman–Crippen MR) is 117 cm³/mol. The van der Waals surface area contributed by atoms with Crippen molar-refractivity contribution < 1.29 is 19.1 Å². The van der Waals surface area contributed by atoms with Gasteiger partial charge < -0.3 is 19.7 Å². The van der Waals surface area contributed by atoms with Gasteiger partial charge >= 0.3 is 6.09 Å². The summed E-state index contributed by atoms with van der Waals surface area (Å²) in [5.41, 5.74) is 1.70. The van der Waals surface area contributed by atoms with Gasteiger partial charge in [0.15, 0.2) is 5.69 Å². The van der Waals surface area contributed by atoms with Crippen molar-refractivity contribution in [1.29, 1.82) is 0 Å². The van der Waals surface area contributed by atoms with Crippen LogP contribution in [-0.2, 0) is 22.6 Å². The first kappa shape index (κ1) is 22.8.